The van der Waals surface area contributed by atoms with Gasteiger partial charge in [0.1, 0.15) is 11.6 Å². The van der Waals surface area contributed by atoms with Crippen LogP contribution in [-0.4, -0.2) is 28.9 Å². The first kappa shape index (κ1) is 12.5. The number of nitrogens with zero attached hydrogens (tertiary/aromatic N) is 1. The molecule has 4 nitrogen and oxygen atoms in total. The predicted molar refractivity (Wildman–Crippen MR) is 57.6 cm³/mol. The molecule has 1 aliphatic rings. The van der Waals surface area contributed by atoms with E-state index in [9.17, 15) is 18.4 Å². The average Bonchev–Trinajstić information content (AvgIpc) is 2.57. The Morgan fingerprint density at radius 2 is 2.11 bits per heavy atom. The number of halogens is 2. The second kappa shape index (κ2) is 4.36. The Kier molecular flexibility index (Phi) is 3.02. The molecular weight excluding hydrogens is 244 g/mol. The van der Waals surface area contributed by atoms with E-state index in [1.807, 2.05) is 0 Å². The number of hydrogen-bond acceptors (Lipinski definition) is 2. The number of rotatable bonds is 2. The highest BCUT2D eigenvalue weighted by atomic mass is 19.1. The van der Waals surface area contributed by atoms with Crippen molar-refractivity contribution in [3.63, 3.8) is 0 Å². The SMILES string of the molecule is CN1C(=O)CC(C(=O)O)C1c1ccc(F)cc1F. The summed E-state index contributed by atoms with van der Waals surface area (Å²) in [4.78, 5) is 23.8. The molecular formula is C12H11F2NO3. The predicted octanol–water partition coefficient (Wildman–Crippen LogP) is 1.57. The van der Waals surface area contributed by atoms with Crippen LogP contribution in [0.1, 0.15) is 18.0 Å². The Hall–Kier alpha value is -1.98. The maximum absolute atomic E-state index is 13.7. The summed E-state index contributed by atoms with van der Waals surface area (Å²) in [5.41, 5.74) is 0.0251. The van der Waals surface area contributed by atoms with Gasteiger partial charge in [0.2, 0.25) is 5.91 Å². The lowest BCUT2D eigenvalue weighted by atomic mass is 9.93. The lowest BCUT2D eigenvalue weighted by molar-refractivity contribution is -0.142. The molecule has 0 radical (unpaired) electrons. The molecule has 0 aliphatic carbocycles. The number of benzene rings is 1. The van der Waals surface area contributed by atoms with E-state index in [1.165, 1.54) is 18.0 Å². The average molecular weight is 255 g/mol. The summed E-state index contributed by atoms with van der Waals surface area (Å²) in [5, 5.41) is 9.05. The largest absolute Gasteiger partial charge is 0.481 e. The number of hydrogen-bond donors (Lipinski definition) is 1. The van der Waals surface area contributed by atoms with Gasteiger partial charge < -0.3 is 10.0 Å². The van der Waals surface area contributed by atoms with Gasteiger partial charge >= 0.3 is 5.97 Å². The maximum atomic E-state index is 13.7. The van der Waals surface area contributed by atoms with Crippen LogP contribution in [0.15, 0.2) is 18.2 Å². The van der Waals surface area contributed by atoms with Crippen molar-refractivity contribution in [1.29, 1.82) is 0 Å². The van der Waals surface area contributed by atoms with Gasteiger partial charge in [0, 0.05) is 25.1 Å². The van der Waals surface area contributed by atoms with Crippen LogP contribution in [0.25, 0.3) is 0 Å². The van der Waals surface area contributed by atoms with Crippen molar-refractivity contribution in [2.45, 2.75) is 12.5 Å². The molecule has 1 saturated heterocycles. The van der Waals surface area contributed by atoms with Crippen molar-refractivity contribution in [3.05, 3.63) is 35.4 Å². The van der Waals surface area contributed by atoms with Gasteiger partial charge in [0.15, 0.2) is 0 Å². The molecule has 1 aromatic carbocycles. The van der Waals surface area contributed by atoms with Gasteiger partial charge in [-0.15, -0.1) is 0 Å². The minimum Gasteiger partial charge on any atom is -0.481 e. The Morgan fingerprint density at radius 3 is 2.67 bits per heavy atom. The summed E-state index contributed by atoms with van der Waals surface area (Å²) in [7, 11) is 1.42. The van der Waals surface area contributed by atoms with Crippen LogP contribution in [0, 0.1) is 17.6 Å². The van der Waals surface area contributed by atoms with Crippen molar-refractivity contribution in [2.24, 2.45) is 5.92 Å². The molecule has 1 aliphatic heterocycles. The van der Waals surface area contributed by atoms with Crippen LogP contribution in [0.5, 0.6) is 0 Å². The van der Waals surface area contributed by atoms with Gasteiger partial charge in [-0.3, -0.25) is 9.59 Å². The lowest BCUT2D eigenvalue weighted by Gasteiger charge is -2.23. The highest BCUT2D eigenvalue weighted by Crippen LogP contribution is 2.38. The van der Waals surface area contributed by atoms with Crippen LogP contribution in [0.2, 0.25) is 0 Å². The summed E-state index contributed by atoms with van der Waals surface area (Å²) in [6.07, 6.45) is -0.173. The molecule has 2 rings (SSSR count). The minimum atomic E-state index is -1.17. The molecule has 1 heterocycles. The second-order valence-electron chi connectivity index (χ2n) is 4.26. The molecule has 0 bridgehead atoms. The Morgan fingerprint density at radius 1 is 1.44 bits per heavy atom. The molecule has 6 heteroatoms. The van der Waals surface area contributed by atoms with Crippen LogP contribution in [-0.2, 0) is 9.59 Å². The molecule has 2 atom stereocenters. The van der Waals surface area contributed by atoms with Gasteiger partial charge in [0.05, 0.1) is 12.0 Å². The van der Waals surface area contributed by atoms with Gasteiger partial charge in [-0.05, 0) is 6.07 Å². The zero-order valence-corrected chi connectivity index (χ0v) is 9.56. The third-order valence-electron chi connectivity index (χ3n) is 3.18. The highest BCUT2D eigenvalue weighted by Gasteiger charge is 2.43. The highest BCUT2D eigenvalue weighted by molar-refractivity contribution is 5.87. The molecule has 0 spiro atoms. The first-order valence-corrected chi connectivity index (χ1v) is 5.35. The zero-order chi connectivity index (χ0) is 13.4. The monoisotopic (exact) mass is 255 g/mol. The van der Waals surface area contributed by atoms with Gasteiger partial charge in [-0.2, -0.15) is 0 Å². The van der Waals surface area contributed by atoms with E-state index in [4.69, 9.17) is 5.11 Å². The zero-order valence-electron chi connectivity index (χ0n) is 9.56. The molecule has 1 aromatic rings. The van der Waals surface area contributed by atoms with Gasteiger partial charge in [-0.25, -0.2) is 8.78 Å². The molecule has 1 N–H and O–H groups in total. The fourth-order valence-corrected chi connectivity index (χ4v) is 2.26. The fourth-order valence-electron chi connectivity index (χ4n) is 2.26. The van der Waals surface area contributed by atoms with Gasteiger partial charge in [-0.1, -0.05) is 6.07 Å². The standard InChI is InChI=1S/C12H11F2NO3/c1-15-10(16)5-8(12(17)18)11(15)7-3-2-6(13)4-9(7)14/h2-4,8,11H,5H2,1H3,(H,17,18). The summed E-state index contributed by atoms with van der Waals surface area (Å²) in [6, 6.07) is 2.02. The van der Waals surface area contributed by atoms with Crippen LogP contribution in [0.3, 0.4) is 0 Å². The van der Waals surface area contributed by atoms with Crippen molar-refractivity contribution >= 4 is 11.9 Å². The second-order valence-corrected chi connectivity index (χ2v) is 4.26. The Bertz CT molecular complexity index is 518. The number of carbonyl (C=O) groups is 2. The fraction of sp³-hybridized carbons (Fsp3) is 0.333. The van der Waals surface area contributed by atoms with Crippen molar-refractivity contribution in [1.82, 2.24) is 4.90 Å². The van der Waals surface area contributed by atoms with Crippen molar-refractivity contribution < 1.29 is 23.5 Å². The van der Waals surface area contributed by atoms with E-state index in [2.05, 4.69) is 0 Å². The summed E-state index contributed by atoms with van der Waals surface area (Å²) < 4.78 is 26.5. The quantitative estimate of drug-likeness (QED) is 0.872. The van der Waals surface area contributed by atoms with Crippen molar-refractivity contribution in [2.75, 3.05) is 7.05 Å². The van der Waals surface area contributed by atoms with E-state index >= 15 is 0 Å². The summed E-state index contributed by atoms with van der Waals surface area (Å²) in [6.45, 7) is 0. The maximum Gasteiger partial charge on any atom is 0.309 e. The smallest absolute Gasteiger partial charge is 0.309 e. The van der Waals surface area contributed by atoms with E-state index in [0.29, 0.717) is 6.07 Å². The Labute approximate surface area is 102 Å². The minimum absolute atomic E-state index is 0.0251. The number of amides is 1. The molecule has 2 unspecified atom stereocenters. The molecule has 0 saturated carbocycles. The number of carboxylic acids is 1. The molecule has 96 valence electrons. The molecule has 18 heavy (non-hydrogen) atoms. The first-order valence-electron chi connectivity index (χ1n) is 5.35. The van der Waals surface area contributed by atoms with E-state index in [0.717, 1.165) is 6.07 Å². The number of carbonyl (C=O) groups excluding carboxylic acids is 1. The van der Waals surface area contributed by atoms with E-state index < -0.39 is 29.6 Å². The Balaban J connectivity index is 2.46. The number of carboxylic acid groups (broad SMARTS) is 1. The first-order chi connectivity index (χ1) is 8.41. The summed E-state index contributed by atoms with van der Waals surface area (Å²) >= 11 is 0. The van der Waals surface area contributed by atoms with E-state index in [1.54, 1.807) is 0 Å². The summed E-state index contributed by atoms with van der Waals surface area (Å²) in [5.74, 6) is -4.12. The number of likely N-dealkylation sites (tertiary alicyclic amines) is 1. The molecule has 1 amide bonds. The van der Waals surface area contributed by atoms with Crippen LogP contribution < -0.4 is 0 Å². The third kappa shape index (κ3) is 1.94. The topological polar surface area (TPSA) is 57.6 Å². The molecule has 1 fully saturated rings. The van der Waals surface area contributed by atoms with E-state index in [-0.39, 0.29) is 17.9 Å². The van der Waals surface area contributed by atoms with Gasteiger partial charge in [0.25, 0.3) is 0 Å². The van der Waals surface area contributed by atoms with Crippen LogP contribution in [0.4, 0.5) is 8.78 Å². The third-order valence-corrected chi connectivity index (χ3v) is 3.18. The van der Waals surface area contributed by atoms with Crippen molar-refractivity contribution in [3.8, 4) is 0 Å². The normalized spacial score (nSPS) is 23.5. The lowest BCUT2D eigenvalue weighted by Crippen LogP contribution is -2.27. The van der Waals surface area contributed by atoms with Crippen LogP contribution >= 0.6 is 0 Å². The molecule has 0 aromatic heterocycles. The number of aliphatic carboxylic acids is 1.